The van der Waals surface area contributed by atoms with Gasteiger partial charge in [0.05, 0.1) is 11.1 Å². The minimum atomic E-state index is -0.603. The molecule has 0 aromatic heterocycles. The fraction of sp³-hybridized carbons (Fsp3) is 0.300. The fourth-order valence-electron chi connectivity index (χ4n) is 1.19. The molecular weight excluding hydrogens is 203 g/mol. The monoisotopic (exact) mass is 212 g/mol. The van der Waals surface area contributed by atoms with Crippen molar-refractivity contribution in [2.75, 3.05) is 14.1 Å². The van der Waals surface area contributed by atoms with Crippen LogP contribution in [0.3, 0.4) is 0 Å². The van der Waals surface area contributed by atoms with E-state index >= 15 is 0 Å². The Morgan fingerprint density at radius 3 is 2.64 bits per heavy atom. The van der Waals surface area contributed by atoms with Crippen LogP contribution in [-0.4, -0.2) is 19.0 Å². The lowest BCUT2D eigenvalue weighted by atomic mass is 10.1. The molecule has 1 rings (SSSR count). The molecule has 0 aliphatic heterocycles. The van der Waals surface area contributed by atoms with Crippen LogP contribution in [0.25, 0.3) is 0 Å². The predicted octanol–water partition coefficient (Wildman–Crippen LogP) is 2.61. The molecule has 14 heavy (non-hydrogen) atoms. The average molecular weight is 213 g/mol. The lowest BCUT2D eigenvalue weighted by molar-refractivity contribution is 0.349. The Labute approximate surface area is 87.5 Å². The molecule has 0 bridgehead atoms. The highest BCUT2D eigenvalue weighted by Gasteiger charge is 2.18. The summed E-state index contributed by atoms with van der Waals surface area (Å²) in [6, 6.07) is 6.07. The lowest BCUT2D eigenvalue weighted by Crippen LogP contribution is -2.19. The number of hydrogen-bond donors (Lipinski definition) is 0. The fourth-order valence-corrected chi connectivity index (χ4v) is 1.38. The van der Waals surface area contributed by atoms with Gasteiger partial charge in [-0.1, -0.05) is 23.7 Å². The second-order valence-corrected chi connectivity index (χ2v) is 3.55. The summed E-state index contributed by atoms with van der Waals surface area (Å²) in [5.41, 5.74) is 0.310. The van der Waals surface area contributed by atoms with Gasteiger partial charge >= 0.3 is 0 Å². The number of hydrogen-bond acceptors (Lipinski definition) is 2. The largest absolute Gasteiger partial charge is 0.290 e. The van der Waals surface area contributed by atoms with Crippen molar-refractivity contribution in [2.24, 2.45) is 0 Å². The van der Waals surface area contributed by atoms with Gasteiger partial charge < -0.3 is 0 Å². The summed E-state index contributed by atoms with van der Waals surface area (Å²) in [7, 11) is 3.43. The molecule has 0 amide bonds. The Morgan fingerprint density at radius 1 is 1.50 bits per heavy atom. The number of benzene rings is 1. The second-order valence-electron chi connectivity index (χ2n) is 3.14. The summed E-state index contributed by atoms with van der Waals surface area (Å²) in [5, 5.41) is 8.91. The first kappa shape index (κ1) is 11.0. The van der Waals surface area contributed by atoms with Crippen molar-refractivity contribution in [2.45, 2.75) is 6.04 Å². The van der Waals surface area contributed by atoms with Crippen LogP contribution in [0.1, 0.15) is 11.6 Å². The highest BCUT2D eigenvalue weighted by molar-refractivity contribution is 6.30. The normalized spacial score (nSPS) is 12.6. The zero-order valence-electron chi connectivity index (χ0n) is 7.96. The molecule has 1 aromatic rings. The minimum Gasteiger partial charge on any atom is -0.290 e. The zero-order chi connectivity index (χ0) is 10.7. The van der Waals surface area contributed by atoms with Crippen LogP contribution in [-0.2, 0) is 0 Å². The number of rotatable bonds is 2. The van der Waals surface area contributed by atoms with E-state index in [-0.39, 0.29) is 5.02 Å². The molecule has 1 atom stereocenters. The van der Waals surface area contributed by atoms with Crippen molar-refractivity contribution in [3.8, 4) is 6.07 Å². The maximum Gasteiger partial charge on any atom is 0.147 e. The molecule has 0 aliphatic rings. The average Bonchev–Trinajstić information content (AvgIpc) is 2.13. The summed E-state index contributed by atoms with van der Waals surface area (Å²) in [5.74, 6) is -0.519. The van der Waals surface area contributed by atoms with Crippen molar-refractivity contribution in [3.63, 3.8) is 0 Å². The van der Waals surface area contributed by atoms with Gasteiger partial charge in [-0.05, 0) is 20.2 Å². The quantitative estimate of drug-likeness (QED) is 0.754. The van der Waals surface area contributed by atoms with Crippen molar-refractivity contribution in [1.29, 1.82) is 5.26 Å². The van der Waals surface area contributed by atoms with Gasteiger partial charge in [-0.2, -0.15) is 5.26 Å². The summed E-state index contributed by atoms with van der Waals surface area (Å²) < 4.78 is 13.5. The Balaban J connectivity index is 3.19. The third-order valence-corrected chi connectivity index (χ3v) is 2.21. The van der Waals surface area contributed by atoms with Crippen LogP contribution >= 0.6 is 11.6 Å². The van der Waals surface area contributed by atoms with Gasteiger partial charge in [0.2, 0.25) is 0 Å². The van der Waals surface area contributed by atoms with E-state index in [9.17, 15) is 4.39 Å². The first-order valence-electron chi connectivity index (χ1n) is 4.08. The van der Waals surface area contributed by atoms with Crippen LogP contribution in [0, 0.1) is 17.1 Å². The van der Waals surface area contributed by atoms with Crippen LogP contribution in [0.4, 0.5) is 4.39 Å². The molecule has 1 unspecified atom stereocenters. The van der Waals surface area contributed by atoms with Crippen LogP contribution in [0.2, 0.25) is 5.02 Å². The first-order chi connectivity index (χ1) is 6.57. The van der Waals surface area contributed by atoms with Crippen molar-refractivity contribution in [3.05, 3.63) is 34.6 Å². The minimum absolute atomic E-state index is 0.0459. The highest BCUT2D eigenvalue weighted by atomic mass is 35.5. The molecule has 0 heterocycles. The molecule has 0 saturated carbocycles. The van der Waals surface area contributed by atoms with Crippen LogP contribution < -0.4 is 0 Å². The maximum absolute atomic E-state index is 13.5. The summed E-state index contributed by atoms with van der Waals surface area (Å²) in [6.45, 7) is 0. The van der Waals surface area contributed by atoms with Crippen molar-refractivity contribution in [1.82, 2.24) is 4.90 Å². The zero-order valence-corrected chi connectivity index (χ0v) is 8.72. The van der Waals surface area contributed by atoms with Gasteiger partial charge in [-0.15, -0.1) is 0 Å². The van der Waals surface area contributed by atoms with E-state index in [0.29, 0.717) is 5.56 Å². The lowest BCUT2D eigenvalue weighted by Gasteiger charge is -2.18. The predicted molar refractivity (Wildman–Crippen MR) is 53.5 cm³/mol. The molecule has 0 spiro atoms. The topological polar surface area (TPSA) is 27.0 Å². The Kier molecular flexibility index (Phi) is 3.45. The Bertz CT molecular complexity index is 371. The molecule has 0 radical (unpaired) electrons. The van der Waals surface area contributed by atoms with E-state index in [1.807, 2.05) is 6.07 Å². The summed E-state index contributed by atoms with van der Waals surface area (Å²) in [4.78, 5) is 1.63. The van der Waals surface area contributed by atoms with Crippen molar-refractivity contribution < 1.29 is 4.39 Å². The molecule has 2 nitrogen and oxygen atoms in total. The molecule has 4 heteroatoms. The number of nitriles is 1. The molecule has 74 valence electrons. The Hall–Kier alpha value is -1.11. The van der Waals surface area contributed by atoms with Gasteiger partial charge in [0.25, 0.3) is 0 Å². The third kappa shape index (κ3) is 2.03. The van der Waals surface area contributed by atoms with E-state index in [0.717, 1.165) is 0 Å². The van der Waals surface area contributed by atoms with E-state index in [4.69, 9.17) is 16.9 Å². The van der Waals surface area contributed by atoms with E-state index in [1.165, 1.54) is 6.07 Å². The molecule has 0 saturated heterocycles. The highest BCUT2D eigenvalue weighted by Crippen LogP contribution is 2.25. The van der Waals surface area contributed by atoms with Crippen molar-refractivity contribution >= 4 is 11.6 Å². The number of nitrogens with zero attached hydrogens (tertiary/aromatic N) is 2. The SMILES string of the molecule is CN(C)C(C#N)c1cccc(Cl)c1F. The molecular formula is C10H10ClFN2. The van der Waals surface area contributed by atoms with Gasteiger partial charge in [-0.25, -0.2) is 4.39 Å². The van der Waals surface area contributed by atoms with E-state index < -0.39 is 11.9 Å². The van der Waals surface area contributed by atoms with Gasteiger partial charge in [0.1, 0.15) is 11.9 Å². The Morgan fingerprint density at radius 2 is 2.14 bits per heavy atom. The molecule has 0 fully saturated rings. The standard InChI is InChI=1S/C10H10ClFN2/c1-14(2)9(6-13)7-4-3-5-8(11)10(7)12/h3-5,9H,1-2H3. The molecule has 0 aliphatic carbocycles. The van der Waals surface area contributed by atoms with Gasteiger partial charge in [-0.3, -0.25) is 4.90 Å². The van der Waals surface area contributed by atoms with Crippen LogP contribution in [0.5, 0.6) is 0 Å². The first-order valence-corrected chi connectivity index (χ1v) is 4.45. The summed E-state index contributed by atoms with van der Waals surface area (Å²) >= 11 is 5.62. The smallest absolute Gasteiger partial charge is 0.147 e. The van der Waals surface area contributed by atoms with Crippen LogP contribution in [0.15, 0.2) is 18.2 Å². The molecule has 1 aromatic carbocycles. The second kappa shape index (κ2) is 4.41. The summed E-state index contributed by atoms with van der Waals surface area (Å²) in [6.07, 6.45) is 0. The van der Waals surface area contributed by atoms with Gasteiger partial charge in [0.15, 0.2) is 0 Å². The van der Waals surface area contributed by atoms with Gasteiger partial charge in [0, 0.05) is 5.56 Å². The van der Waals surface area contributed by atoms with E-state index in [2.05, 4.69) is 0 Å². The number of halogens is 2. The third-order valence-electron chi connectivity index (χ3n) is 1.91. The maximum atomic E-state index is 13.5. The molecule has 0 N–H and O–H groups in total. The van der Waals surface area contributed by atoms with E-state index in [1.54, 1.807) is 31.1 Å².